The third-order valence-corrected chi connectivity index (χ3v) is 4.26. The quantitative estimate of drug-likeness (QED) is 0.747. The molecule has 1 aliphatic carbocycles. The minimum atomic E-state index is 0.756. The fraction of sp³-hybridized carbons (Fsp3) is 0.263. The Labute approximate surface area is 125 Å². The van der Waals surface area contributed by atoms with Crippen molar-refractivity contribution in [3.05, 3.63) is 71.9 Å². The summed E-state index contributed by atoms with van der Waals surface area (Å²) in [4.78, 5) is 0. The van der Waals surface area contributed by atoms with E-state index in [4.69, 9.17) is 0 Å². The molecule has 0 aliphatic heterocycles. The van der Waals surface area contributed by atoms with E-state index in [1.165, 1.54) is 34.9 Å². The Bertz CT molecular complexity index is 739. The second kappa shape index (κ2) is 5.38. The van der Waals surface area contributed by atoms with Crippen molar-refractivity contribution in [3.8, 4) is 0 Å². The van der Waals surface area contributed by atoms with Gasteiger partial charge in [0.05, 0.1) is 0 Å². The van der Waals surface area contributed by atoms with E-state index >= 15 is 0 Å². The third-order valence-electron chi connectivity index (χ3n) is 4.26. The highest BCUT2D eigenvalue weighted by Crippen LogP contribution is 2.24. The topological polar surface area (TPSA) is 17.0 Å². The van der Waals surface area contributed by atoms with Crippen molar-refractivity contribution in [1.82, 2.24) is 9.88 Å². The molecule has 0 bridgehead atoms. The molecule has 1 N–H and O–H groups in total. The number of benzene rings is 2. The summed E-state index contributed by atoms with van der Waals surface area (Å²) in [5, 5.41) is 4.99. The summed E-state index contributed by atoms with van der Waals surface area (Å²) in [6, 6.07) is 20.3. The van der Waals surface area contributed by atoms with Crippen LogP contribution in [-0.4, -0.2) is 10.6 Å². The van der Waals surface area contributed by atoms with Gasteiger partial charge in [0.15, 0.2) is 0 Å². The van der Waals surface area contributed by atoms with Crippen LogP contribution >= 0.6 is 0 Å². The van der Waals surface area contributed by atoms with Crippen molar-refractivity contribution in [2.45, 2.75) is 32.0 Å². The van der Waals surface area contributed by atoms with Gasteiger partial charge in [-0.1, -0.05) is 42.5 Å². The van der Waals surface area contributed by atoms with E-state index < -0.39 is 0 Å². The Hall–Kier alpha value is -2.06. The maximum Gasteiger partial charge on any atom is 0.0486 e. The first-order valence-electron chi connectivity index (χ1n) is 7.74. The molecular weight excluding hydrogens is 256 g/mol. The van der Waals surface area contributed by atoms with Gasteiger partial charge in [-0.05, 0) is 36.1 Å². The van der Waals surface area contributed by atoms with Gasteiger partial charge in [0.1, 0.15) is 0 Å². The minimum Gasteiger partial charge on any atom is -0.343 e. The molecule has 106 valence electrons. The number of nitrogens with zero attached hydrogens (tertiary/aromatic N) is 1. The van der Waals surface area contributed by atoms with Crippen molar-refractivity contribution >= 4 is 10.9 Å². The highest BCUT2D eigenvalue weighted by Gasteiger charge is 2.20. The summed E-state index contributed by atoms with van der Waals surface area (Å²) >= 11 is 0. The van der Waals surface area contributed by atoms with E-state index in [1.807, 2.05) is 0 Å². The predicted molar refractivity (Wildman–Crippen MR) is 87.3 cm³/mol. The maximum atomic E-state index is 3.61. The van der Waals surface area contributed by atoms with Gasteiger partial charge in [0, 0.05) is 36.2 Å². The lowest BCUT2D eigenvalue weighted by atomic mass is 10.1. The van der Waals surface area contributed by atoms with Gasteiger partial charge in [0.25, 0.3) is 0 Å². The smallest absolute Gasteiger partial charge is 0.0486 e. The number of hydrogen-bond donors (Lipinski definition) is 1. The zero-order chi connectivity index (χ0) is 14.1. The van der Waals surface area contributed by atoms with E-state index in [1.54, 1.807) is 0 Å². The van der Waals surface area contributed by atoms with Crippen molar-refractivity contribution < 1.29 is 0 Å². The number of rotatable bonds is 5. The van der Waals surface area contributed by atoms with Crippen molar-refractivity contribution in [2.24, 2.45) is 0 Å². The Balaban J connectivity index is 1.63. The van der Waals surface area contributed by atoms with Gasteiger partial charge in [-0.15, -0.1) is 0 Å². The summed E-state index contributed by atoms with van der Waals surface area (Å²) in [5.41, 5.74) is 4.08. The molecule has 0 amide bonds. The van der Waals surface area contributed by atoms with Gasteiger partial charge >= 0.3 is 0 Å². The zero-order valence-corrected chi connectivity index (χ0v) is 12.1. The first-order chi connectivity index (χ1) is 10.4. The molecule has 2 nitrogen and oxygen atoms in total. The van der Waals surface area contributed by atoms with Crippen molar-refractivity contribution in [1.29, 1.82) is 0 Å². The summed E-state index contributed by atoms with van der Waals surface area (Å²) < 4.78 is 2.34. The number of hydrogen-bond acceptors (Lipinski definition) is 1. The highest BCUT2D eigenvalue weighted by molar-refractivity contribution is 5.83. The van der Waals surface area contributed by atoms with Crippen molar-refractivity contribution in [2.75, 3.05) is 0 Å². The largest absolute Gasteiger partial charge is 0.343 e. The first-order valence-corrected chi connectivity index (χ1v) is 7.74. The lowest BCUT2D eigenvalue weighted by molar-refractivity contribution is 0.691. The molecule has 1 fully saturated rings. The monoisotopic (exact) mass is 276 g/mol. The molecule has 3 aromatic rings. The zero-order valence-electron chi connectivity index (χ0n) is 12.1. The van der Waals surface area contributed by atoms with E-state index in [2.05, 4.69) is 70.7 Å². The molecule has 4 rings (SSSR count). The molecule has 0 radical (unpaired) electrons. The average molecular weight is 276 g/mol. The fourth-order valence-electron chi connectivity index (χ4n) is 2.90. The number of aromatic nitrogens is 1. The normalized spacial score (nSPS) is 14.7. The van der Waals surface area contributed by atoms with E-state index in [-0.39, 0.29) is 0 Å². The molecule has 0 saturated heterocycles. The fourth-order valence-corrected chi connectivity index (χ4v) is 2.90. The molecular formula is C19H20N2. The van der Waals surface area contributed by atoms with Crippen LogP contribution in [0, 0.1) is 0 Å². The summed E-state index contributed by atoms with van der Waals surface area (Å²) in [6.07, 6.45) is 4.88. The molecule has 1 aromatic heterocycles. The van der Waals surface area contributed by atoms with Crippen LogP contribution in [0.1, 0.15) is 24.0 Å². The highest BCUT2D eigenvalue weighted by atomic mass is 15.0. The second-order valence-corrected chi connectivity index (χ2v) is 5.93. The van der Waals surface area contributed by atoms with Crippen molar-refractivity contribution in [3.63, 3.8) is 0 Å². The van der Waals surface area contributed by atoms with Gasteiger partial charge < -0.3 is 9.88 Å². The van der Waals surface area contributed by atoms with Crippen LogP contribution in [-0.2, 0) is 13.1 Å². The van der Waals surface area contributed by atoms with Gasteiger partial charge in [-0.2, -0.15) is 0 Å². The molecule has 21 heavy (non-hydrogen) atoms. The predicted octanol–water partition coefficient (Wildman–Crippen LogP) is 3.94. The maximum absolute atomic E-state index is 3.61. The lowest BCUT2D eigenvalue weighted by Gasteiger charge is -2.08. The van der Waals surface area contributed by atoms with Gasteiger partial charge in [-0.25, -0.2) is 0 Å². The van der Waals surface area contributed by atoms with Crippen LogP contribution in [0.3, 0.4) is 0 Å². The Morgan fingerprint density at radius 2 is 1.81 bits per heavy atom. The molecule has 0 spiro atoms. The standard InChI is InChI=1S/C19H20N2/c1-2-5-15(6-3-1)14-21-12-11-18-16(7-4-8-19(18)21)13-20-17-9-10-17/h1-8,11-12,17,20H,9-10,13-14H2. The van der Waals surface area contributed by atoms with Crippen LogP contribution in [0.4, 0.5) is 0 Å². The SMILES string of the molecule is c1ccc(Cn2ccc3c(CNC4CC4)cccc32)cc1. The first kappa shape index (κ1) is 12.7. The van der Waals surface area contributed by atoms with Crippen LogP contribution in [0.15, 0.2) is 60.8 Å². The molecule has 2 heteroatoms. The average Bonchev–Trinajstić information content (AvgIpc) is 3.27. The Morgan fingerprint density at radius 3 is 2.62 bits per heavy atom. The lowest BCUT2D eigenvalue weighted by Crippen LogP contribution is -2.15. The summed E-state index contributed by atoms with van der Waals surface area (Å²) in [5.74, 6) is 0. The van der Waals surface area contributed by atoms with E-state index in [9.17, 15) is 0 Å². The molecule has 1 aliphatic rings. The molecule has 2 aromatic carbocycles. The van der Waals surface area contributed by atoms with E-state index in [0.29, 0.717) is 0 Å². The van der Waals surface area contributed by atoms with Gasteiger partial charge in [-0.3, -0.25) is 0 Å². The van der Waals surface area contributed by atoms with Crippen LogP contribution in [0.5, 0.6) is 0 Å². The number of fused-ring (bicyclic) bond motifs is 1. The Kier molecular flexibility index (Phi) is 3.24. The van der Waals surface area contributed by atoms with Crippen LogP contribution in [0.25, 0.3) is 10.9 Å². The summed E-state index contributed by atoms with van der Waals surface area (Å²) in [6.45, 7) is 1.92. The minimum absolute atomic E-state index is 0.756. The molecule has 0 atom stereocenters. The second-order valence-electron chi connectivity index (χ2n) is 5.93. The van der Waals surface area contributed by atoms with Gasteiger partial charge in [0.2, 0.25) is 0 Å². The molecule has 1 heterocycles. The third kappa shape index (κ3) is 2.72. The molecule has 1 saturated carbocycles. The summed E-state index contributed by atoms with van der Waals surface area (Å²) in [7, 11) is 0. The van der Waals surface area contributed by atoms with Crippen LogP contribution < -0.4 is 5.32 Å². The van der Waals surface area contributed by atoms with E-state index in [0.717, 1.165) is 19.1 Å². The number of nitrogens with one attached hydrogen (secondary N) is 1. The Morgan fingerprint density at radius 1 is 0.952 bits per heavy atom. The molecule has 0 unspecified atom stereocenters. The van der Waals surface area contributed by atoms with Crippen LogP contribution in [0.2, 0.25) is 0 Å².